The number of aromatic nitrogens is 1. The van der Waals surface area contributed by atoms with Crippen molar-refractivity contribution in [1.29, 1.82) is 5.41 Å². The van der Waals surface area contributed by atoms with Crippen molar-refractivity contribution in [2.45, 2.75) is 6.61 Å². The maximum Gasteiger partial charge on any atom is 0.387 e. The fraction of sp³-hybridized carbons (Fsp3) is 0.143. The zero-order valence-corrected chi connectivity index (χ0v) is 13.0. The molecule has 0 aliphatic carbocycles. The summed E-state index contributed by atoms with van der Waals surface area (Å²) in [6.45, 7) is -3.53. The Morgan fingerprint density at radius 3 is 2.70 bits per heavy atom. The van der Waals surface area contributed by atoms with Gasteiger partial charge in [-0.25, -0.2) is 4.98 Å². The van der Waals surface area contributed by atoms with Crippen LogP contribution < -0.4 is 10.1 Å². The number of aliphatic hydroxyl groups is 1. The topological polar surface area (TPSA) is 78.2 Å². The first-order valence-corrected chi connectivity index (χ1v) is 7.02. The van der Waals surface area contributed by atoms with Crippen LogP contribution in [0.25, 0.3) is 0 Å². The Morgan fingerprint density at radius 1 is 1.30 bits per heavy atom. The minimum absolute atomic E-state index is 0.116. The average Bonchev–Trinajstić information content (AvgIpc) is 2.49. The fourth-order valence-corrected chi connectivity index (χ4v) is 2.13. The Labute approximate surface area is 140 Å². The molecule has 1 aromatic carbocycles. The minimum Gasteiger partial charge on any atom is -0.433 e. The quantitative estimate of drug-likeness (QED) is 0.534. The van der Waals surface area contributed by atoms with Gasteiger partial charge in [-0.15, -0.1) is 0 Å². The van der Waals surface area contributed by atoms with Crippen molar-refractivity contribution < 1.29 is 18.6 Å². The summed E-state index contributed by atoms with van der Waals surface area (Å²) >= 11 is 11.7. The van der Waals surface area contributed by atoms with Gasteiger partial charge in [0.05, 0.1) is 23.7 Å². The number of ether oxygens (including phenoxy) is 1. The van der Waals surface area contributed by atoms with E-state index in [2.05, 4.69) is 15.0 Å². The highest BCUT2D eigenvalue weighted by molar-refractivity contribution is 6.31. The van der Waals surface area contributed by atoms with Crippen LogP contribution in [0.15, 0.2) is 30.5 Å². The number of nitrogens with one attached hydrogen (secondary N) is 2. The molecule has 0 fully saturated rings. The van der Waals surface area contributed by atoms with Gasteiger partial charge in [0.25, 0.3) is 0 Å². The molecule has 9 heteroatoms. The summed E-state index contributed by atoms with van der Waals surface area (Å²) in [7, 11) is 0. The van der Waals surface area contributed by atoms with E-state index in [4.69, 9.17) is 33.7 Å². The number of rotatable bonds is 6. The van der Waals surface area contributed by atoms with Gasteiger partial charge in [-0.2, -0.15) is 8.78 Å². The largest absolute Gasteiger partial charge is 0.433 e. The predicted molar refractivity (Wildman–Crippen MR) is 84.5 cm³/mol. The summed E-state index contributed by atoms with van der Waals surface area (Å²) < 4.78 is 29.4. The average molecular weight is 362 g/mol. The Bertz CT molecular complexity index is 729. The lowest BCUT2D eigenvalue weighted by Gasteiger charge is -2.16. The standard InChI is InChI=1S/C14H11Cl2F2N3O2/c15-7-1-2-12(23-14(17)18)11(3-7)21-10-4-13(16)20-5-8(10)9(19)6-22/h1-5,14,19,22H,6H2,(H,20,21). The summed E-state index contributed by atoms with van der Waals surface area (Å²) in [5, 5.41) is 20.1. The highest BCUT2D eigenvalue weighted by Crippen LogP contribution is 2.33. The molecule has 0 saturated heterocycles. The van der Waals surface area contributed by atoms with Crippen molar-refractivity contribution in [3.05, 3.63) is 46.2 Å². The van der Waals surface area contributed by atoms with Gasteiger partial charge < -0.3 is 20.6 Å². The number of pyridine rings is 1. The van der Waals surface area contributed by atoms with Gasteiger partial charge in [0.1, 0.15) is 10.9 Å². The first-order chi connectivity index (χ1) is 10.9. The second-order valence-corrected chi connectivity index (χ2v) is 5.16. The molecule has 23 heavy (non-hydrogen) atoms. The van der Waals surface area contributed by atoms with E-state index in [1.165, 1.54) is 30.5 Å². The molecule has 0 saturated carbocycles. The third kappa shape index (κ3) is 4.51. The molecule has 2 rings (SSSR count). The molecular formula is C14H11Cl2F2N3O2. The van der Waals surface area contributed by atoms with E-state index < -0.39 is 13.2 Å². The lowest BCUT2D eigenvalue weighted by atomic mass is 10.1. The number of anilines is 2. The van der Waals surface area contributed by atoms with E-state index in [-0.39, 0.29) is 27.9 Å². The summed E-state index contributed by atoms with van der Waals surface area (Å²) in [6.07, 6.45) is 1.29. The van der Waals surface area contributed by atoms with Crippen LogP contribution >= 0.6 is 23.2 Å². The molecule has 0 amide bonds. The number of hydrogen-bond donors (Lipinski definition) is 3. The van der Waals surface area contributed by atoms with Crippen LogP contribution in [-0.2, 0) is 0 Å². The lowest BCUT2D eigenvalue weighted by Crippen LogP contribution is -2.10. The lowest BCUT2D eigenvalue weighted by molar-refractivity contribution is -0.0493. The number of nitrogens with zero attached hydrogens (tertiary/aromatic N) is 1. The van der Waals surface area contributed by atoms with Crippen molar-refractivity contribution in [2.24, 2.45) is 0 Å². The fourth-order valence-electron chi connectivity index (χ4n) is 1.80. The first-order valence-electron chi connectivity index (χ1n) is 6.26. The molecule has 0 unspecified atom stereocenters. The maximum atomic E-state index is 12.5. The van der Waals surface area contributed by atoms with E-state index in [1.807, 2.05) is 0 Å². The van der Waals surface area contributed by atoms with Gasteiger partial charge >= 0.3 is 6.61 Å². The second kappa shape index (κ2) is 7.54. The van der Waals surface area contributed by atoms with Crippen LogP contribution in [0.4, 0.5) is 20.2 Å². The van der Waals surface area contributed by atoms with Crippen LogP contribution in [0, 0.1) is 5.41 Å². The summed E-state index contributed by atoms with van der Waals surface area (Å²) in [5.41, 5.74) is 0.604. The van der Waals surface area contributed by atoms with Gasteiger partial charge in [-0.05, 0) is 24.3 Å². The van der Waals surface area contributed by atoms with Gasteiger partial charge in [0.15, 0.2) is 0 Å². The Morgan fingerprint density at radius 2 is 2.04 bits per heavy atom. The number of alkyl halides is 2. The van der Waals surface area contributed by atoms with Crippen LogP contribution in [0.5, 0.6) is 5.75 Å². The molecule has 0 bridgehead atoms. The number of aliphatic hydroxyl groups excluding tert-OH is 1. The van der Waals surface area contributed by atoms with Gasteiger partial charge in [-0.3, -0.25) is 0 Å². The van der Waals surface area contributed by atoms with E-state index in [0.717, 1.165) is 0 Å². The van der Waals surface area contributed by atoms with E-state index in [0.29, 0.717) is 10.7 Å². The molecular weight excluding hydrogens is 351 g/mol. The Kier molecular flexibility index (Phi) is 5.70. The molecule has 0 aliphatic rings. The number of hydrogen-bond acceptors (Lipinski definition) is 5. The smallest absolute Gasteiger partial charge is 0.387 e. The number of halogens is 4. The molecule has 0 atom stereocenters. The second-order valence-electron chi connectivity index (χ2n) is 4.33. The monoisotopic (exact) mass is 361 g/mol. The third-order valence-electron chi connectivity index (χ3n) is 2.78. The van der Waals surface area contributed by atoms with E-state index >= 15 is 0 Å². The van der Waals surface area contributed by atoms with Crippen LogP contribution in [0.2, 0.25) is 10.2 Å². The van der Waals surface area contributed by atoms with E-state index in [1.54, 1.807) is 0 Å². The normalized spacial score (nSPS) is 10.7. The molecule has 0 aliphatic heterocycles. The molecule has 1 heterocycles. The van der Waals surface area contributed by atoms with Gasteiger partial charge in [0, 0.05) is 16.8 Å². The minimum atomic E-state index is -3.01. The zero-order valence-electron chi connectivity index (χ0n) is 11.5. The molecule has 122 valence electrons. The highest BCUT2D eigenvalue weighted by Gasteiger charge is 2.14. The van der Waals surface area contributed by atoms with E-state index in [9.17, 15) is 8.78 Å². The van der Waals surface area contributed by atoms with Crippen molar-refractivity contribution in [1.82, 2.24) is 4.98 Å². The van der Waals surface area contributed by atoms with Crippen LogP contribution in [0.1, 0.15) is 5.56 Å². The van der Waals surface area contributed by atoms with Crippen molar-refractivity contribution in [2.75, 3.05) is 11.9 Å². The van der Waals surface area contributed by atoms with Crippen LogP contribution in [-0.4, -0.2) is 29.0 Å². The summed E-state index contributed by atoms with van der Waals surface area (Å²) in [6, 6.07) is 5.48. The predicted octanol–water partition coefficient (Wildman–Crippen LogP) is 4.09. The summed E-state index contributed by atoms with van der Waals surface area (Å²) in [4.78, 5) is 3.83. The molecule has 3 N–H and O–H groups in total. The molecule has 1 aromatic heterocycles. The molecule has 0 radical (unpaired) electrons. The van der Waals surface area contributed by atoms with Gasteiger partial charge in [0.2, 0.25) is 0 Å². The maximum absolute atomic E-state index is 12.5. The Hall–Kier alpha value is -1.96. The molecule has 2 aromatic rings. The number of benzene rings is 1. The van der Waals surface area contributed by atoms with Crippen molar-refractivity contribution >= 4 is 40.3 Å². The van der Waals surface area contributed by atoms with Crippen molar-refractivity contribution in [3.8, 4) is 5.75 Å². The van der Waals surface area contributed by atoms with Crippen LogP contribution in [0.3, 0.4) is 0 Å². The molecule has 0 spiro atoms. The zero-order chi connectivity index (χ0) is 17.0. The first kappa shape index (κ1) is 17.4. The summed E-state index contributed by atoms with van der Waals surface area (Å²) in [5.74, 6) is -0.126. The SMILES string of the molecule is N=C(CO)c1cnc(Cl)cc1Nc1cc(Cl)ccc1OC(F)F. The van der Waals surface area contributed by atoms with Crippen molar-refractivity contribution in [3.63, 3.8) is 0 Å². The van der Waals surface area contributed by atoms with Gasteiger partial charge in [-0.1, -0.05) is 23.2 Å². The third-order valence-corrected chi connectivity index (χ3v) is 3.22. The highest BCUT2D eigenvalue weighted by atomic mass is 35.5. The molecule has 5 nitrogen and oxygen atoms in total. The Balaban J connectivity index is 2.44.